The van der Waals surface area contributed by atoms with E-state index in [-0.39, 0.29) is 0 Å². The van der Waals surface area contributed by atoms with Crippen molar-refractivity contribution in [2.75, 3.05) is 36.5 Å². The summed E-state index contributed by atoms with van der Waals surface area (Å²) in [4.78, 5) is 6.65. The maximum atomic E-state index is 6.39. The lowest BCUT2D eigenvalue weighted by Gasteiger charge is -2.29. The zero-order valence-corrected chi connectivity index (χ0v) is 15.6. The van der Waals surface area contributed by atoms with Gasteiger partial charge in [-0.2, -0.15) is 5.10 Å². The van der Waals surface area contributed by atoms with E-state index < -0.39 is 6.17 Å². The van der Waals surface area contributed by atoms with Crippen molar-refractivity contribution < 1.29 is 4.74 Å². The fraction of sp³-hybridized carbons (Fsp3) is 0.350. The molecule has 4 rings (SSSR count). The third-order valence-electron chi connectivity index (χ3n) is 5.00. The lowest BCUT2D eigenvalue weighted by Crippen LogP contribution is -2.36. The van der Waals surface area contributed by atoms with Crippen LogP contribution in [0.3, 0.4) is 0 Å². The number of aromatic nitrogens is 3. The Morgan fingerprint density at radius 2 is 1.89 bits per heavy atom. The number of nitrogens with two attached hydrogens (primary N) is 1. The smallest absolute Gasteiger partial charge is 0.158 e. The van der Waals surface area contributed by atoms with Crippen molar-refractivity contribution in [1.82, 2.24) is 15.2 Å². The average Bonchev–Trinajstić information content (AvgIpc) is 2.71. The molecule has 1 fully saturated rings. The zero-order chi connectivity index (χ0) is 18.8. The molecule has 140 valence electrons. The van der Waals surface area contributed by atoms with E-state index in [4.69, 9.17) is 10.5 Å². The lowest BCUT2D eigenvalue weighted by molar-refractivity contribution is 0.122. The fourth-order valence-corrected chi connectivity index (χ4v) is 3.45. The first kappa shape index (κ1) is 17.6. The summed E-state index contributed by atoms with van der Waals surface area (Å²) in [6, 6.07) is 10.3. The normalized spacial score (nSPS) is 15.7. The molecule has 27 heavy (non-hydrogen) atoms. The molecule has 7 heteroatoms. The summed E-state index contributed by atoms with van der Waals surface area (Å²) in [7, 11) is 0. The van der Waals surface area contributed by atoms with Crippen molar-refractivity contribution in [3.8, 4) is 0 Å². The molecule has 1 saturated heterocycles. The van der Waals surface area contributed by atoms with Crippen LogP contribution in [0.25, 0.3) is 10.8 Å². The van der Waals surface area contributed by atoms with Crippen LogP contribution in [-0.2, 0) is 4.74 Å². The Morgan fingerprint density at radius 1 is 1.07 bits per heavy atom. The van der Waals surface area contributed by atoms with Gasteiger partial charge in [-0.3, -0.25) is 4.98 Å². The van der Waals surface area contributed by atoms with Crippen molar-refractivity contribution in [2.45, 2.75) is 20.0 Å². The molecule has 0 amide bonds. The second-order valence-corrected chi connectivity index (χ2v) is 6.76. The predicted molar refractivity (Wildman–Crippen MR) is 107 cm³/mol. The lowest BCUT2D eigenvalue weighted by atomic mass is 10.1. The molecule has 1 aromatic carbocycles. The van der Waals surface area contributed by atoms with Crippen molar-refractivity contribution in [3.05, 3.63) is 53.5 Å². The van der Waals surface area contributed by atoms with Crippen LogP contribution in [-0.4, -0.2) is 41.5 Å². The van der Waals surface area contributed by atoms with Gasteiger partial charge in [0.2, 0.25) is 0 Å². The number of pyridine rings is 1. The molecule has 1 atom stereocenters. The zero-order valence-electron chi connectivity index (χ0n) is 15.6. The predicted octanol–water partition coefficient (Wildman–Crippen LogP) is 2.55. The van der Waals surface area contributed by atoms with Crippen LogP contribution in [0.15, 0.2) is 36.5 Å². The summed E-state index contributed by atoms with van der Waals surface area (Å²) in [6.07, 6.45) is 1.35. The maximum Gasteiger partial charge on any atom is 0.158 e. The number of nitrogens with zero attached hydrogens (tertiary/aromatic N) is 4. The molecule has 0 saturated carbocycles. The third-order valence-corrected chi connectivity index (χ3v) is 5.00. The monoisotopic (exact) mass is 364 g/mol. The molecule has 3 aromatic rings. The van der Waals surface area contributed by atoms with Gasteiger partial charge in [0.05, 0.1) is 18.9 Å². The summed E-state index contributed by atoms with van der Waals surface area (Å²) in [5.41, 5.74) is 10.3. The molecule has 3 heterocycles. The quantitative estimate of drug-likeness (QED) is 0.688. The first-order chi connectivity index (χ1) is 13.1. The number of anilines is 2. The van der Waals surface area contributed by atoms with Crippen molar-refractivity contribution in [3.63, 3.8) is 0 Å². The Labute approximate surface area is 158 Å². The van der Waals surface area contributed by atoms with Crippen LogP contribution in [0.4, 0.5) is 11.5 Å². The van der Waals surface area contributed by atoms with Gasteiger partial charge in [-0.1, -0.05) is 12.1 Å². The molecule has 1 aliphatic heterocycles. The van der Waals surface area contributed by atoms with E-state index >= 15 is 0 Å². The van der Waals surface area contributed by atoms with Gasteiger partial charge in [0.25, 0.3) is 0 Å². The summed E-state index contributed by atoms with van der Waals surface area (Å²) in [6.45, 7) is 7.20. The van der Waals surface area contributed by atoms with Crippen LogP contribution in [0.2, 0.25) is 0 Å². The van der Waals surface area contributed by atoms with Crippen molar-refractivity contribution >= 4 is 22.3 Å². The first-order valence-corrected chi connectivity index (χ1v) is 9.17. The highest BCUT2D eigenvalue weighted by atomic mass is 16.5. The Balaban J connectivity index is 1.71. The number of hydrogen-bond acceptors (Lipinski definition) is 7. The number of ether oxygens (including phenoxy) is 1. The van der Waals surface area contributed by atoms with E-state index in [1.54, 1.807) is 6.20 Å². The van der Waals surface area contributed by atoms with E-state index in [0.29, 0.717) is 5.82 Å². The number of rotatable bonds is 4. The number of benzene rings is 1. The number of nitrogens with one attached hydrogen (secondary N) is 1. The largest absolute Gasteiger partial charge is 0.378 e. The second kappa shape index (κ2) is 7.46. The van der Waals surface area contributed by atoms with Gasteiger partial charge in [0, 0.05) is 47.0 Å². The van der Waals surface area contributed by atoms with E-state index in [1.807, 2.05) is 26.0 Å². The van der Waals surface area contributed by atoms with Gasteiger partial charge < -0.3 is 20.7 Å². The molecular weight excluding hydrogens is 340 g/mol. The summed E-state index contributed by atoms with van der Waals surface area (Å²) in [5, 5.41) is 14.1. The molecular formula is C20H24N6O. The van der Waals surface area contributed by atoms with Gasteiger partial charge >= 0.3 is 0 Å². The summed E-state index contributed by atoms with van der Waals surface area (Å²) in [5.74, 6) is 0.682. The van der Waals surface area contributed by atoms with Crippen LogP contribution in [0.5, 0.6) is 0 Å². The molecule has 0 bridgehead atoms. The second-order valence-electron chi connectivity index (χ2n) is 6.76. The molecule has 3 N–H and O–H groups in total. The first-order valence-electron chi connectivity index (χ1n) is 9.17. The molecule has 2 aromatic heterocycles. The topological polar surface area (TPSA) is 89.2 Å². The van der Waals surface area contributed by atoms with Crippen LogP contribution < -0.4 is 16.0 Å². The Hall–Kier alpha value is -2.77. The Kier molecular flexibility index (Phi) is 4.87. The highest BCUT2D eigenvalue weighted by molar-refractivity contribution is 5.95. The van der Waals surface area contributed by atoms with E-state index in [2.05, 4.69) is 43.6 Å². The average molecular weight is 364 g/mol. The minimum atomic E-state index is -0.411. The molecule has 0 unspecified atom stereocenters. The Morgan fingerprint density at radius 3 is 2.67 bits per heavy atom. The molecule has 0 radical (unpaired) electrons. The van der Waals surface area contributed by atoms with Crippen LogP contribution in [0.1, 0.15) is 23.1 Å². The van der Waals surface area contributed by atoms with Gasteiger partial charge in [-0.05, 0) is 32.0 Å². The van der Waals surface area contributed by atoms with Crippen molar-refractivity contribution in [1.29, 1.82) is 0 Å². The van der Waals surface area contributed by atoms with Gasteiger partial charge in [-0.25, -0.2) is 0 Å². The summed E-state index contributed by atoms with van der Waals surface area (Å²) >= 11 is 0. The number of morpholine rings is 1. The summed E-state index contributed by atoms with van der Waals surface area (Å²) < 4.78 is 5.47. The van der Waals surface area contributed by atoms with Crippen LogP contribution in [0, 0.1) is 13.8 Å². The SMILES string of the molecule is Cc1ncccc1[C@@H](N)Nc1nnc(C)c2ccc(N3CCOCC3)cc12. The number of fused-ring (bicyclic) bond motifs is 1. The maximum absolute atomic E-state index is 6.39. The molecule has 0 spiro atoms. The van der Waals surface area contributed by atoms with Gasteiger partial charge in [0.1, 0.15) is 6.17 Å². The molecule has 7 nitrogen and oxygen atoms in total. The van der Waals surface area contributed by atoms with E-state index in [0.717, 1.165) is 59.7 Å². The molecule has 0 aliphatic carbocycles. The van der Waals surface area contributed by atoms with Crippen LogP contribution >= 0.6 is 0 Å². The minimum absolute atomic E-state index is 0.411. The van der Waals surface area contributed by atoms with Gasteiger partial charge in [-0.15, -0.1) is 5.10 Å². The van der Waals surface area contributed by atoms with E-state index in [9.17, 15) is 0 Å². The van der Waals surface area contributed by atoms with Crippen molar-refractivity contribution in [2.24, 2.45) is 5.73 Å². The van der Waals surface area contributed by atoms with E-state index in [1.165, 1.54) is 0 Å². The third kappa shape index (κ3) is 3.56. The fourth-order valence-electron chi connectivity index (χ4n) is 3.45. The minimum Gasteiger partial charge on any atom is -0.378 e. The highest BCUT2D eigenvalue weighted by Crippen LogP contribution is 2.29. The molecule has 1 aliphatic rings. The highest BCUT2D eigenvalue weighted by Gasteiger charge is 2.16. The number of aryl methyl sites for hydroxylation is 2. The number of hydrogen-bond donors (Lipinski definition) is 2. The van der Waals surface area contributed by atoms with Gasteiger partial charge in [0.15, 0.2) is 5.82 Å². The Bertz CT molecular complexity index is 954. The standard InChI is InChI=1S/C20H24N6O/c1-13-17(4-3-7-22-13)19(21)23-20-18-12-15(26-8-10-27-11-9-26)5-6-16(18)14(2)24-25-20/h3-7,12,19H,8-11,21H2,1-2H3,(H,23,25)/t19-/m0/s1.